The number of benzene rings is 1. The van der Waals surface area contributed by atoms with Gasteiger partial charge in [-0.25, -0.2) is 4.79 Å². The molecule has 1 fully saturated rings. The number of amides is 3. The van der Waals surface area contributed by atoms with Gasteiger partial charge in [0.1, 0.15) is 0 Å². The van der Waals surface area contributed by atoms with E-state index in [2.05, 4.69) is 36.6 Å². The van der Waals surface area contributed by atoms with E-state index < -0.39 is 0 Å². The molecule has 2 N–H and O–H groups in total. The van der Waals surface area contributed by atoms with Crippen LogP contribution in [0.15, 0.2) is 18.2 Å². The largest absolute Gasteiger partial charge is 0.336 e. The Morgan fingerprint density at radius 1 is 1.17 bits per heavy atom. The number of para-hydroxylation sites is 1. The number of hydrogen-bond acceptors (Lipinski definition) is 2. The van der Waals surface area contributed by atoms with Crippen LogP contribution in [-0.2, 0) is 17.6 Å². The Morgan fingerprint density at radius 3 is 2.26 bits per heavy atom. The lowest BCUT2D eigenvalue weighted by molar-refractivity contribution is -0.116. The summed E-state index contributed by atoms with van der Waals surface area (Å²) in [4.78, 5) is 25.6. The molecule has 1 aliphatic carbocycles. The summed E-state index contributed by atoms with van der Waals surface area (Å²) in [5, 5.41) is 5.73. The molecule has 2 rings (SSSR count). The van der Waals surface area contributed by atoms with Gasteiger partial charge in [-0.1, -0.05) is 32.0 Å². The van der Waals surface area contributed by atoms with Crippen LogP contribution in [0.4, 0.5) is 10.5 Å². The van der Waals surface area contributed by atoms with Gasteiger partial charge in [0, 0.05) is 26.1 Å². The molecule has 0 unspecified atom stereocenters. The molecule has 0 bridgehead atoms. The van der Waals surface area contributed by atoms with Gasteiger partial charge in [0.05, 0.1) is 5.69 Å². The highest BCUT2D eigenvalue weighted by Gasteiger charge is 2.23. The van der Waals surface area contributed by atoms with Crippen molar-refractivity contribution in [3.8, 4) is 0 Å². The molecule has 1 aromatic rings. The van der Waals surface area contributed by atoms with Crippen LogP contribution in [-0.4, -0.2) is 31.1 Å². The van der Waals surface area contributed by atoms with Crippen LogP contribution < -0.4 is 15.5 Å². The zero-order valence-corrected chi connectivity index (χ0v) is 14.3. The molecule has 0 aliphatic heterocycles. The maximum atomic E-state index is 12.1. The molecule has 0 radical (unpaired) electrons. The standard InChI is InChI=1S/C18H27N3O2/c1-4-14-7-6-8-15(5-2)17(14)21(13(3)22)12-11-19-18(23)20-16-9-10-16/h6-8,16H,4-5,9-12H2,1-3H3,(H2,19,20,23). The van der Waals surface area contributed by atoms with E-state index in [0.29, 0.717) is 19.1 Å². The first-order valence-electron chi connectivity index (χ1n) is 8.50. The lowest BCUT2D eigenvalue weighted by Gasteiger charge is -2.26. The number of carbonyl (C=O) groups excluding carboxylic acids is 2. The van der Waals surface area contributed by atoms with E-state index in [1.165, 1.54) is 11.1 Å². The highest BCUT2D eigenvalue weighted by molar-refractivity contribution is 5.93. The van der Waals surface area contributed by atoms with Gasteiger partial charge >= 0.3 is 6.03 Å². The topological polar surface area (TPSA) is 61.4 Å². The van der Waals surface area contributed by atoms with E-state index in [4.69, 9.17) is 0 Å². The number of carbonyl (C=O) groups is 2. The minimum Gasteiger partial charge on any atom is -0.336 e. The number of anilines is 1. The molecule has 126 valence electrons. The van der Waals surface area contributed by atoms with E-state index in [1.54, 1.807) is 11.8 Å². The van der Waals surface area contributed by atoms with E-state index in [0.717, 1.165) is 31.4 Å². The molecule has 1 aromatic carbocycles. The summed E-state index contributed by atoms with van der Waals surface area (Å²) in [6.07, 6.45) is 3.89. The van der Waals surface area contributed by atoms with Crippen LogP contribution in [0.2, 0.25) is 0 Å². The average molecular weight is 317 g/mol. The van der Waals surface area contributed by atoms with Gasteiger partial charge in [-0.05, 0) is 36.8 Å². The number of aryl methyl sites for hydroxylation is 2. The van der Waals surface area contributed by atoms with Gasteiger partial charge in [-0.15, -0.1) is 0 Å². The van der Waals surface area contributed by atoms with Crippen molar-refractivity contribution in [3.63, 3.8) is 0 Å². The molecule has 1 aliphatic rings. The first kappa shape index (κ1) is 17.3. The second-order valence-corrected chi connectivity index (χ2v) is 5.98. The molecule has 1 saturated carbocycles. The Labute approximate surface area is 138 Å². The fourth-order valence-electron chi connectivity index (χ4n) is 2.73. The highest BCUT2D eigenvalue weighted by Crippen LogP contribution is 2.27. The first-order valence-corrected chi connectivity index (χ1v) is 8.50. The fraction of sp³-hybridized carbons (Fsp3) is 0.556. The van der Waals surface area contributed by atoms with Gasteiger partial charge in [-0.3, -0.25) is 4.79 Å². The SMILES string of the molecule is CCc1cccc(CC)c1N(CCNC(=O)NC1CC1)C(C)=O. The average Bonchev–Trinajstić information content (AvgIpc) is 3.34. The minimum atomic E-state index is -0.143. The van der Waals surface area contributed by atoms with Gasteiger partial charge in [-0.2, -0.15) is 0 Å². The van der Waals surface area contributed by atoms with Crippen LogP contribution >= 0.6 is 0 Å². The lowest BCUT2D eigenvalue weighted by Crippen LogP contribution is -2.42. The van der Waals surface area contributed by atoms with Crippen molar-refractivity contribution in [1.29, 1.82) is 0 Å². The second-order valence-electron chi connectivity index (χ2n) is 5.98. The van der Waals surface area contributed by atoms with Gasteiger partial charge < -0.3 is 15.5 Å². The molecule has 23 heavy (non-hydrogen) atoms. The summed E-state index contributed by atoms with van der Waals surface area (Å²) in [7, 11) is 0. The molecule has 3 amide bonds. The molecule has 0 heterocycles. The van der Waals surface area contributed by atoms with E-state index in [-0.39, 0.29) is 11.9 Å². The van der Waals surface area contributed by atoms with Crippen molar-refractivity contribution in [2.45, 2.75) is 52.5 Å². The minimum absolute atomic E-state index is 0.00463. The number of nitrogens with one attached hydrogen (secondary N) is 2. The molecule has 0 saturated heterocycles. The second kappa shape index (κ2) is 7.99. The summed E-state index contributed by atoms with van der Waals surface area (Å²) in [6.45, 7) is 6.70. The smallest absolute Gasteiger partial charge is 0.315 e. The van der Waals surface area contributed by atoms with Gasteiger partial charge in [0.25, 0.3) is 0 Å². The summed E-state index contributed by atoms with van der Waals surface area (Å²) in [5.41, 5.74) is 3.35. The maximum Gasteiger partial charge on any atom is 0.315 e. The predicted molar refractivity (Wildman–Crippen MR) is 92.8 cm³/mol. The molecule has 5 heteroatoms. The van der Waals surface area contributed by atoms with Crippen LogP contribution in [0, 0.1) is 0 Å². The number of rotatable bonds is 7. The lowest BCUT2D eigenvalue weighted by atomic mass is 10.0. The van der Waals surface area contributed by atoms with E-state index in [9.17, 15) is 9.59 Å². The van der Waals surface area contributed by atoms with Crippen LogP contribution in [0.1, 0.15) is 44.7 Å². The third kappa shape index (κ3) is 4.71. The number of hydrogen-bond donors (Lipinski definition) is 2. The quantitative estimate of drug-likeness (QED) is 0.812. The first-order chi connectivity index (χ1) is 11.1. The molecule has 0 atom stereocenters. The van der Waals surface area contributed by atoms with Crippen molar-refractivity contribution in [2.75, 3.05) is 18.0 Å². The third-order valence-electron chi connectivity index (χ3n) is 4.15. The summed E-state index contributed by atoms with van der Waals surface area (Å²) >= 11 is 0. The fourth-order valence-corrected chi connectivity index (χ4v) is 2.73. The molecular weight excluding hydrogens is 290 g/mol. The zero-order chi connectivity index (χ0) is 16.8. The molecule has 5 nitrogen and oxygen atoms in total. The normalized spacial score (nSPS) is 13.5. The van der Waals surface area contributed by atoms with Crippen LogP contribution in [0.25, 0.3) is 0 Å². The van der Waals surface area contributed by atoms with Gasteiger partial charge in [0.15, 0.2) is 0 Å². The Morgan fingerprint density at radius 2 is 1.78 bits per heavy atom. The predicted octanol–water partition coefficient (Wildman–Crippen LogP) is 2.63. The molecule has 0 aromatic heterocycles. The van der Waals surface area contributed by atoms with Gasteiger partial charge in [0.2, 0.25) is 5.91 Å². The Bertz CT molecular complexity index is 545. The van der Waals surface area contributed by atoms with Crippen LogP contribution in [0.3, 0.4) is 0 Å². The molecular formula is C18H27N3O2. The highest BCUT2D eigenvalue weighted by atomic mass is 16.2. The third-order valence-corrected chi connectivity index (χ3v) is 4.15. The number of nitrogens with zero attached hydrogens (tertiary/aromatic N) is 1. The Hall–Kier alpha value is -2.04. The van der Waals surface area contributed by atoms with Crippen molar-refractivity contribution in [2.24, 2.45) is 0 Å². The molecule has 0 spiro atoms. The van der Waals surface area contributed by atoms with E-state index >= 15 is 0 Å². The van der Waals surface area contributed by atoms with E-state index in [1.807, 2.05) is 6.07 Å². The zero-order valence-electron chi connectivity index (χ0n) is 14.3. The van der Waals surface area contributed by atoms with Crippen molar-refractivity contribution >= 4 is 17.6 Å². The Kier molecular flexibility index (Phi) is 6.02. The summed E-state index contributed by atoms with van der Waals surface area (Å²) in [6, 6.07) is 6.37. The Balaban J connectivity index is 2.05. The summed E-state index contributed by atoms with van der Waals surface area (Å²) in [5.74, 6) is 0.00463. The van der Waals surface area contributed by atoms with Crippen molar-refractivity contribution in [3.05, 3.63) is 29.3 Å². The van der Waals surface area contributed by atoms with Crippen LogP contribution in [0.5, 0.6) is 0 Å². The summed E-state index contributed by atoms with van der Waals surface area (Å²) < 4.78 is 0. The monoisotopic (exact) mass is 317 g/mol. The van der Waals surface area contributed by atoms with Crippen molar-refractivity contribution in [1.82, 2.24) is 10.6 Å². The number of urea groups is 1. The maximum absolute atomic E-state index is 12.1. The van der Waals surface area contributed by atoms with Crippen molar-refractivity contribution < 1.29 is 9.59 Å².